The molecule has 0 bridgehead atoms. The van der Waals surface area contributed by atoms with E-state index in [0.717, 1.165) is 6.07 Å². The van der Waals surface area contributed by atoms with Crippen LogP contribution in [0.4, 0.5) is 13.2 Å². The van der Waals surface area contributed by atoms with Gasteiger partial charge in [-0.15, -0.1) is 0 Å². The van der Waals surface area contributed by atoms with Crippen LogP contribution in [0, 0.1) is 5.92 Å². The Balaban J connectivity index is 3.08. The minimum absolute atomic E-state index is 0.221. The molecule has 0 atom stereocenters. The highest BCUT2D eigenvalue weighted by Gasteiger charge is 2.32. The third kappa shape index (κ3) is 3.42. The SMILES string of the molecule is CC(C)/C=C/c1ccccc1C(F)(F)F. The van der Waals surface area contributed by atoms with Crippen molar-refractivity contribution in [3.63, 3.8) is 0 Å². The van der Waals surface area contributed by atoms with Gasteiger partial charge in [0.15, 0.2) is 0 Å². The minimum Gasteiger partial charge on any atom is -0.166 e. The van der Waals surface area contributed by atoms with Crippen LogP contribution in [0.2, 0.25) is 0 Å². The lowest BCUT2D eigenvalue weighted by Gasteiger charge is -2.09. The molecule has 0 aliphatic heterocycles. The highest BCUT2D eigenvalue weighted by molar-refractivity contribution is 5.54. The van der Waals surface area contributed by atoms with Crippen LogP contribution in [0.3, 0.4) is 0 Å². The van der Waals surface area contributed by atoms with E-state index in [0.29, 0.717) is 0 Å². The maximum absolute atomic E-state index is 12.5. The van der Waals surface area contributed by atoms with E-state index in [1.807, 2.05) is 13.8 Å². The van der Waals surface area contributed by atoms with Crippen molar-refractivity contribution in [2.24, 2.45) is 5.92 Å². The average Bonchev–Trinajstić information content (AvgIpc) is 2.13. The predicted molar refractivity (Wildman–Crippen MR) is 55.3 cm³/mol. The van der Waals surface area contributed by atoms with Gasteiger partial charge in [-0.1, -0.05) is 44.2 Å². The van der Waals surface area contributed by atoms with Crippen molar-refractivity contribution < 1.29 is 13.2 Å². The van der Waals surface area contributed by atoms with E-state index in [2.05, 4.69) is 0 Å². The Morgan fingerprint density at radius 2 is 1.73 bits per heavy atom. The van der Waals surface area contributed by atoms with Gasteiger partial charge in [0.2, 0.25) is 0 Å². The van der Waals surface area contributed by atoms with Crippen molar-refractivity contribution in [2.75, 3.05) is 0 Å². The Kier molecular flexibility index (Phi) is 3.56. The van der Waals surface area contributed by atoms with E-state index in [4.69, 9.17) is 0 Å². The molecule has 0 aliphatic rings. The van der Waals surface area contributed by atoms with E-state index in [-0.39, 0.29) is 11.5 Å². The van der Waals surface area contributed by atoms with Crippen LogP contribution in [0.5, 0.6) is 0 Å². The summed E-state index contributed by atoms with van der Waals surface area (Å²) in [4.78, 5) is 0. The van der Waals surface area contributed by atoms with Gasteiger partial charge < -0.3 is 0 Å². The van der Waals surface area contributed by atoms with Crippen molar-refractivity contribution in [3.8, 4) is 0 Å². The molecule has 0 radical (unpaired) electrons. The van der Waals surface area contributed by atoms with Crippen molar-refractivity contribution in [3.05, 3.63) is 41.5 Å². The molecule has 0 heterocycles. The molecule has 82 valence electrons. The van der Waals surface area contributed by atoms with E-state index < -0.39 is 11.7 Å². The Hall–Kier alpha value is -1.25. The lowest BCUT2D eigenvalue weighted by Crippen LogP contribution is -2.06. The highest BCUT2D eigenvalue weighted by atomic mass is 19.4. The van der Waals surface area contributed by atoms with Crippen LogP contribution < -0.4 is 0 Å². The van der Waals surface area contributed by atoms with Crippen molar-refractivity contribution >= 4 is 6.08 Å². The van der Waals surface area contributed by atoms with Crippen molar-refractivity contribution in [1.29, 1.82) is 0 Å². The van der Waals surface area contributed by atoms with Gasteiger partial charge in [0.25, 0.3) is 0 Å². The molecular weight excluding hydrogens is 201 g/mol. The third-order valence-electron chi connectivity index (χ3n) is 1.93. The molecule has 0 amide bonds. The van der Waals surface area contributed by atoms with Gasteiger partial charge in [-0.2, -0.15) is 13.2 Å². The number of alkyl halides is 3. The summed E-state index contributed by atoms with van der Waals surface area (Å²) in [7, 11) is 0. The fraction of sp³-hybridized carbons (Fsp3) is 0.333. The summed E-state index contributed by atoms with van der Waals surface area (Å²) in [5, 5.41) is 0. The quantitative estimate of drug-likeness (QED) is 0.685. The molecule has 0 aliphatic carbocycles. The Morgan fingerprint density at radius 3 is 2.27 bits per heavy atom. The number of hydrogen-bond donors (Lipinski definition) is 0. The molecule has 15 heavy (non-hydrogen) atoms. The van der Waals surface area contributed by atoms with E-state index in [9.17, 15) is 13.2 Å². The standard InChI is InChI=1S/C12H13F3/c1-9(2)7-8-10-5-3-4-6-11(10)12(13,14)15/h3-9H,1-2H3/b8-7+. The van der Waals surface area contributed by atoms with Gasteiger partial charge in [0.05, 0.1) is 5.56 Å². The summed E-state index contributed by atoms with van der Waals surface area (Å²) >= 11 is 0. The molecule has 0 spiro atoms. The first-order valence-corrected chi connectivity index (χ1v) is 4.75. The summed E-state index contributed by atoms with van der Waals surface area (Å²) in [6, 6.07) is 5.58. The van der Waals surface area contributed by atoms with Crippen LogP contribution >= 0.6 is 0 Å². The second kappa shape index (κ2) is 4.51. The van der Waals surface area contributed by atoms with Gasteiger partial charge in [-0.25, -0.2) is 0 Å². The van der Waals surface area contributed by atoms with Gasteiger partial charge in [-0.3, -0.25) is 0 Å². The summed E-state index contributed by atoms with van der Waals surface area (Å²) in [5.41, 5.74) is -0.361. The first kappa shape index (κ1) is 11.8. The van der Waals surface area contributed by atoms with Crippen LogP contribution in [0.15, 0.2) is 30.3 Å². The monoisotopic (exact) mass is 214 g/mol. The lowest BCUT2D eigenvalue weighted by atomic mass is 10.0. The normalized spacial score (nSPS) is 12.7. The van der Waals surface area contributed by atoms with E-state index in [1.165, 1.54) is 18.2 Å². The van der Waals surface area contributed by atoms with Crippen LogP contribution in [-0.2, 0) is 6.18 Å². The molecule has 3 heteroatoms. The van der Waals surface area contributed by atoms with Gasteiger partial charge in [0.1, 0.15) is 0 Å². The lowest BCUT2D eigenvalue weighted by molar-refractivity contribution is -0.137. The molecule has 1 aromatic carbocycles. The molecule has 1 aromatic rings. The molecule has 0 nitrogen and oxygen atoms in total. The zero-order valence-corrected chi connectivity index (χ0v) is 8.68. The second-order valence-electron chi connectivity index (χ2n) is 3.69. The van der Waals surface area contributed by atoms with Crippen LogP contribution in [0.1, 0.15) is 25.0 Å². The zero-order valence-electron chi connectivity index (χ0n) is 8.68. The minimum atomic E-state index is -4.28. The number of hydrogen-bond acceptors (Lipinski definition) is 0. The summed E-state index contributed by atoms with van der Waals surface area (Å²) in [5.74, 6) is 0.242. The van der Waals surface area contributed by atoms with E-state index in [1.54, 1.807) is 12.1 Å². The third-order valence-corrected chi connectivity index (χ3v) is 1.93. The predicted octanol–water partition coefficient (Wildman–Crippen LogP) is 4.37. The molecule has 0 saturated carbocycles. The summed E-state index contributed by atoms with van der Waals surface area (Å²) < 4.78 is 37.6. The molecular formula is C12H13F3. The highest BCUT2D eigenvalue weighted by Crippen LogP contribution is 2.32. The topological polar surface area (TPSA) is 0 Å². The molecule has 0 aromatic heterocycles. The molecule has 0 unspecified atom stereocenters. The fourth-order valence-electron chi connectivity index (χ4n) is 1.20. The Labute approximate surface area is 87.4 Å². The maximum atomic E-state index is 12.5. The zero-order chi connectivity index (χ0) is 11.5. The molecule has 0 saturated heterocycles. The fourth-order valence-corrected chi connectivity index (χ4v) is 1.20. The molecule has 1 rings (SSSR count). The van der Waals surface area contributed by atoms with Gasteiger partial charge in [-0.05, 0) is 17.5 Å². The number of halogens is 3. The summed E-state index contributed by atoms with van der Waals surface area (Å²) in [6.45, 7) is 3.85. The first-order chi connectivity index (χ1) is 6.91. The van der Waals surface area contributed by atoms with E-state index >= 15 is 0 Å². The Morgan fingerprint density at radius 1 is 1.13 bits per heavy atom. The van der Waals surface area contributed by atoms with Gasteiger partial charge >= 0.3 is 6.18 Å². The Bertz CT molecular complexity index is 348. The average molecular weight is 214 g/mol. The number of allylic oxidation sites excluding steroid dienone is 1. The number of benzene rings is 1. The second-order valence-corrected chi connectivity index (χ2v) is 3.69. The summed E-state index contributed by atoms with van der Waals surface area (Å²) in [6.07, 6.45) is -1.00. The van der Waals surface area contributed by atoms with Crippen LogP contribution in [0.25, 0.3) is 6.08 Å². The number of rotatable bonds is 2. The van der Waals surface area contributed by atoms with Gasteiger partial charge in [0, 0.05) is 0 Å². The maximum Gasteiger partial charge on any atom is 0.416 e. The largest absolute Gasteiger partial charge is 0.416 e. The molecule has 0 fully saturated rings. The smallest absolute Gasteiger partial charge is 0.166 e. The first-order valence-electron chi connectivity index (χ1n) is 4.75. The van der Waals surface area contributed by atoms with Crippen molar-refractivity contribution in [2.45, 2.75) is 20.0 Å². The van der Waals surface area contributed by atoms with Crippen molar-refractivity contribution in [1.82, 2.24) is 0 Å². The molecule has 0 N–H and O–H groups in total. The van der Waals surface area contributed by atoms with Crippen LogP contribution in [-0.4, -0.2) is 0 Å².